The van der Waals surface area contributed by atoms with Gasteiger partial charge in [0.15, 0.2) is 5.96 Å². The summed E-state index contributed by atoms with van der Waals surface area (Å²) < 4.78 is 0. The highest BCUT2D eigenvalue weighted by Crippen LogP contribution is 2.32. The molecule has 3 heteroatoms. The second-order valence-electron chi connectivity index (χ2n) is 6.22. The van der Waals surface area contributed by atoms with Gasteiger partial charge in [-0.05, 0) is 37.8 Å². The third kappa shape index (κ3) is 2.67. The molecule has 2 N–H and O–H groups in total. The molecule has 0 saturated heterocycles. The third-order valence-corrected chi connectivity index (χ3v) is 4.77. The van der Waals surface area contributed by atoms with Crippen molar-refractivity contribution in [1.82, 2.24) is 0 Å². The van der Waals surface area contributed by atoms with Crippen molar-refractivity contribution in [3.63, 3.8) is 0 Å². The van der Waals surface area contributed by atoms with Crippen LogP contribution in [-0.2, 0) is 0 Å². The largest absolute Gasteiger partial charge is 0.370 e. The van der Waals surface area contributed by atoms with E-state index < -0.39 is 0 Å². The topological polar surface area (TPSA) is 41.6 Å². The monoisotopic (exact) mass is 271 g/mol. The zero-order chi connectivity index (χ0) is 13.9. The predicted octanol–water partition coefficient (Wildman–Crippen LogP) is 3.47. The summed E-state index contributed by atoms with van der Waals surface area (Å²) in [4.78, 5) is 6.80. The van der Waals surface area contributed by atoms with Crippen molar-refractivity contribution in [3.8, 4) is 0 Å². The second kappa shape index (κ2) is 5.86. The van der Waals surface area contributed by atoms with E-state index in [1.807, 2.05) is 0 Å². The van der Waals surface area contributed by atoms with Crippen LogP contribution in [0.2, 0.25) is 0 Å². The molecule has 0 spiro atoms. The van der Waals surface area contributed by atoms with Gasteiger partial charge in [0.05, 0.1) is 12.6 Å². The molecule has 1 atom stereocenters. The van der Waals surface area contributed by atoms with Gasteiger partial charge in [-0.15, -0.1) is 0 Å². The fourth-order valence-electron chi connectivity index (χ4n) is 3.60. The number of rotatable bonds is 2. The van der Waals surface area contributed by atoms with E-state index in [0.717, 1.165) is 12.5 Å². The third-order valence-electron chi connectivity index (χ3n) is 4.77. The Labute approximate surface area is 121 Å². The highest BCUT2D eigenvalue weighted by molar-refractivity contribution is 5.97. The van der Waals surface area contributed by atoms with Gasteiger partial charge in [-0.2, -0.15) is 0 Å². The molecule has 108 valence electrons. The molecule has 1 fully saturated rings. The van der Waals surface area contributed by atoms with Crippen molar-refractivity contribution in [2.24, 2.45) is 16.6 Å². The zero-order valence-electron chi connectivity index (χ0n) is 12.4. The van der Waals surface area contributed by atoms with Crippen LogP contribution in [0.15, 0.2) is 29.3 Å². The molecule has 3 rings (SSSR count). The number of aryl methyl sites for hydroxylation is 1. The van der Waals surface area contributed by atoms with Crippen LogP contribution in [0.3, 0.4) is 0 Å². The van der Waals surface area contributed by atoms with E-state index in [-0.39, 0.29) is 0 Å². The Kier molecular flexibility index (Phi) is 3.95. The number of guanidine groups is 1. The first-order chi connectivity index (χ1) is 9.75. The first-order valence-electron chi connectivity index (χ1n) is 7.91. The maximum absolute atomic E-state index is 6.16. The molecular weight excluding hydrogens is 246 g/mol. The Bertz CT molecular complexity index is 470. The lowest BCUT2D eigenvalue weighted by Crippen LogP contribution is -2.44. The van der Waals surface area contributed by atoms with E-state index in [2.05, 4.69) is 41.1 Å². The van der Waals surface area contributed by atoms with E-state index in [1.54, 1.807) is 0 Å². The Balaban J connectivity index is 1.82. The maximum atomic E-state index is 6.16. The van der Waals surface area contributed by atoms with E-state index >= 15 is 0 Å². The summed E-state index contributed by atoms with van der Waals surface area (Å²) in [7, 11) is 0. The number of anilines is 1. The summed E-state index contributed by atoms with van der Waals surface area (Å²) in [5.74, 6) is 1.44. The first kappa shape index (κ1) is 13.5. The summed E-state index contributed by atoms with van der Waals surface area (Å²) in [6.45, 7) is 2.98. The smallest absolute Gasteiger partial charge is 0.196 e. The zero-order valence-corrected chi connectivity index (χ0v) is 12.4. The van der Waals surface area contributed by atoms with Crippen molar-refractivity contribution < 1.29 is 0 Å². The highest BCUT2D eigenvalue weighted by Gasteiger charge is 2.33. The lowest BCUT2D eigenvalue weighted by atomic mass is 9.91. The van der Waals surface area contributed by atoms with Crippen LogP contribution in [0.25, 0.3) is 0 Å². The number of aliphatic imine (C=N–C) groups is 1. The fourth-order valence-corrected chi connectivity index (χ4v) is 3.60. The first-order valence-corrected chi connectivity index (χ1v) is 7.91. The van der Waals surface area contributed by atoms with E-state index in [4.69, 9.17) is 5.73 Å². The van der Waals surface area contributed by atoms with Gasteiger partial charge in [0, 0.05) is 5.69 Å². The molecular formula is C17H25N3. The fraction of sp³-hybridized carbons (Fsp3) is 0.588. The van der Waals surface area contributed by atoms with Gasteiger partial charge in [0.2, 0.25) is 0 Å². The summed E-state index contributed by atoms with van der Waals surface area (Å²) in [5.41, 5.74) is 8.65. The summed E-state index contributed by atoms with van der Waals surface area (Å²) in [6, 6.07) is 9.13. The molecule has 1 heterocycles. The molecule has 2 aliphatic rings. The number of nitrogens with zero attached hydrogens (tertiary/aromatic N) is 2. The van der Waals surface area contributed by atoms with Crippen LogP contribution in [0.1, 0.15) is 44.1 Å². The van der Waals surface area contributed by atoms with Gasteiger partial charge in [-0.1, -0.05) is 43.4 Å². The van der Waals surface area contributed by atoms with Crippen molar-refractivity contribution in [2.75, 3.05) is 11.4 Å². The second-order valence-corrected chi connectivity index (χ2v) is 6.22. The Morgan fingerprint density at radius 1 is 1.05 bits per heavy atom. The molecule has 0 amide bonds. The standard InChI is InChI=1S/C17H25N3/c1-13-8-10-15(11-9-13)20-16(12-19-17(20)18)14-6-4-2-3-5-7-14/h8-11,14,16H,2-7,12H2,1H3,(H2,18,19). The number of hydrogen-bond acceptors (Lipinski definition) is 3. The summed E-state index contributed by atoms with van der Waals surface area (Å²) in [5, 5.41) is 0. The van der Waals surface area contributed by atoms with Gasteiger partial charge in [0.25, 0.3) is 0 Å². The van der Waals surface area contributed by atoms with Crippen LogP contribution in [0.4, 0.5) is 5.69 Å². The normalized spacial score (nSPS) is 24.6. The molecule has 0 aromatic heterocycles. The summed E-state index contributed by atoms with van der Waals surface area (Å²) in [6.07, 6.45) is 8.17. The lowest BCUT2D eigenvalue weighted by molar-refractivity contribution is 0.389. The van der Waals surface area contributed by atoms with E-state index in [0.29, 0.717) is 12.0 Å². The predicted molar refractivity (Wildman–Crippen MR) is 85.1 cm³/mol. The Hall–Kier alpha value is -1.51. The van der Waals surface area contributed by atoms with Gasteiger partial charge < -0.3 is 10.6 Å². The highest BCUT2D eigenvalue weighted by atomic mass is 15.3. The minimum Gasteiger partial charge on any atom is -0.370 e. The number of nitrogens with two attached hydrogens (primary N) is 1. The SMILES string of the molecule is Cc1ccc(N2C(N)=NCC2C2CCCCCC2)cc1. The molecule has 1 aromatic rings. The minimum atomic E-state index is 0.468. The summed E-state index contributed by atoms with van der Waals surface area (Å²) >= 11 is 0. The Morgan fingerprint density at radius 3 is 2.35 bits per heavy atom. The molecule has 1 aliphatic heterocycles. The molecule has 1 saturated carbocycles. The molecule has 1 aromatic carbocycles. The van der Waals surface area contributed by atoms with Gasteiger partial charge in [-0.3, -0.25) is 4.99 Å². The molecule has 1 aliphatic carbocycles. The quantitative estimate of drug-likeness (QED) is 0.837. The van der Waals surface area contributed by atoms with Crippen LogP contribution in [0, 0.1) is 12.8 Å². The van der Waals surface area contributed by atoms with Crippen LogP contribution in [0.5, 0.6) is 0 Å². The lowest BCUT2D eigenvalue weighted by Gasteiger charge is -2.32. The number of hydrogen-bond donors (Lipinski definition) is 1. The van der Waals surface area contributed by atoms with Gasteiger partial charge in [-0.25, -0.2) is 0 Å². The van der Waals surface area contributed by atoms with Gasteiger partial charge >= 0.3 is 0 Å². The van der Waals surface area contributed by atoms with Crippen molar-refractivity contribution in [1.29, 1.82) is 0 Å². The number of benzene rings is 1. The average molecular weight is 271 g/mol. The van der Waals surface area contributed by atoms with E-state index in [9.17, 15) is 0 Å². The molecule has 20 heavy (non-hydrogen) atoms. The molecule has 3 nitrogen and oxygen atoms in total. The van der Waals surface area contributed by atoms with Gasteiger partial charge in [0.1, 0.15) is 0 Å². The van der Waals surface area contributed by atoms with Crippen molar-refractivity contribution in [2.45, 2.75) is 51.5 Å². The maximum Gasteiger partial charge on any atom is 0.196 e. The minimum absolute atomic E-state index is 0.468. The van der Waals surface area contributed by atoms with E-state index in [1.165, 1.54) is 49.8 Å². The van der Waals surface area contributed by atoms with Crippen molar-refractivity contribution >= 4 is 11.6 Å². The van der Waals surface area contributed by atoms with Crippen LogP contribution in [-0.4, -0.2) is 18.5 Å². The molecule has 0 radical (unpaired) electrons. The average Bonchev–Trinajstić information content (AvgIpc) is 2.67. The van der Waals surface area contributed by atoms with Crippen LogP contribution < -0.4 is 10.6 Å². The molecule has 0 bridgehead atoms. The Morgan fingerprint density at radius 2 is 1.70 bits per heavy atom. The van der Waals surface area contributed by atoms with Crippen molar-refractivity contribution in [3.05, 3.63) is 29.8 Å². The molecule has 1 unspecified atom stereocenters. The van der Waals surface area contributed by atoms with Crippen LogP contribution >= 0.6 is 0 Å².